The van der Waals surface area contributed by atoms with Gasteiger partial charge in [0.1, 0.15) is 5.54 Å². The molecule has 0 bridgehead atoms. The van der Waals surface area contributed by atoms with Gasteiger partial charge in [0.2, 0.25) is 0 Å². The summed E-state index contributed by atoms with van der Waals surface area (Å²) in [7, 11) is 0. The number of Topliss-reactive ketones (excluding diaryl/α,β-unsaturated/α-hetero) is 1. The van der Waals surface area contributed by atoms with Crippen molar-refractivity contribution < 1.29 is 14.4 Å². The van der Waals surface area contributed by atoms with Crippen molar-refractivity contribution in [2.45, 2.75) is 12.5 Å². The van der Waals surface area contributed by atoms with Crippen LogP contribution in [0.5, 0.6) is 0 Å². The first-order chi connectivity index (χ1) is 12.9. The molecule has 1 saturated heterocycles. The minimum absolute atomic E-state index is 0.299. The third kappa shape index (κ3) is 2.75. The molecule has 3 aromatic rings. The molecule has 0 saturated carbocycles. The molecule has 1 aromatic heterocycles. The number of hydrogen-bond donors (Lipinski definition) is 2. The quantitative estimate of drug-likeness (QED) is 0.494. The molecule has 0 spiro atoms. The molecule has 2 aromatic carbocycles. The number of hydrogen-bond acceptors (Lipinski definition) is 3. The number of amides is 3. The standard InChI is InChI=1S/C20H16BrN3O3/c1-20(14-7-3-4-8-15(14)21)18(26)24(19(27)23-20)11-17(25)13-10-22-16-9-5-2-6-12(13)16/h2-10,22H,11H2,1H3,(H,23,27)/t20-/m1/s1. The van der Waals surface area contributed by atoms with Crippen LogP contribution in [0, 0.1) is 0 Å². The fourth-order valence-corrected chi connectivity index (χ4v) is 4.10. The largest absolute Gasteiger partial charge is 0.360 e. The zero-order valence-electron chi connectivity index (χ0n) is 14.5. The van der Waals surface area contributed by atoms with E-state index in [2.05, 4.69) is 26.2 Å². The predicted octanol–water partition coefficient (Wildman–Crippen LogP) is 3.58. The number of nitrogens with one attached hydrogen (secondary N) is 2. The number of halogens is 1. The fraction of sp³-hybridized carbons (Fsp3) is 0.150. The molecule has 0 radical (unpaired) electrons. The van der Waals surface area contributed by atoms with Crippen LogP contribution in [0.25, 0.3) is 10.9 Å². The second kappa shape index (κ2) is 6.35. The van der Waals surface area contributed by atoms with Crippen molar-refractivity contribution in [1.29, 1.82) is 0 Å². The fourth-order valence-electron chi connectivity index (χ4n) is 3.42. The van der Waals surface area contributed by atoms with Crippen LogP contribution in [0.4, 0.5) is 4.79 Å². The summed E-state index contributed by atoms with van der Waals surface area (Å²) in [5.74, 6) is -0.750. The second-order valence-corrected chi connectivity index (χ2v) is 7.45. The van der Waals surface area contributed by atoms with E-state index in [1.807, 2.05) is 30.3 Å². The molecule has 1 atom stereocenters. The van der Waals surface area contributed by atoms with Gasteiger partial charge in [0.25, 0.3) is 5.91 Å². The Balaban J connectivity index is 1.63. The number of aromatic nitrogens is 1. The van der Waals surface area contributed by atoms with E-state index in [1.165, 1.54) is 0 Å². The number of carbonyl (C=O) groups excluding carboxylic acids is 3. The number of benzene rings is 2. The summed E-state index contributed by atoms with van der Waals surface area (Å²) in [5.41, 5.74) is 0.708. The number of ketones is 1. The van der Waals surface area contributed by atoms with Gasteiger partial charge >= 0.3 is 6.03 Å². The summed E-state index contributed by atoms with van der Waals surface area (Å²) in [5, 5.41) is 3.49. The van der Waals surface area contributed by atoms with Crippen molar-refractivity contribution in [2.24, 2.45) is 0 Å². The lowest BCUT2D eigenvalue weighted by Gasteiger charge is -2.23. The van der Waals surface area contributed by atoms with Crippen LogP contribution in [0.1, 0.15) is 22.8 Å². The van der Waals surface area contributed by atoms with Gasteiger partial charge in [-0.05, 0) is 19.1 Å². The topological polar surface area (TPSA) is 82.3 Å². The molecule has 1 aliphatic heterocycles. The number of H-pyrrole nitrogens is 1. The maximum atomic E-state index is 13.0. The van der Waals surface area contributed by atoms with Crippen molar-refractivity contribution in [3.63, 3.8) is 0 Å². The first-order valence-corrected chi connectivity index (χ1v) is 9.19. The Morgan fingerprint density at radius 2 is 1.81 bits per heavy atom. The maximum absolute atomic E-state index is 13.0. The molecule has 4 rings (SSSR count). The van der Waals surface area contributed by atoms with E-state index in [0.29, 0.717) is 15.6 Å². The van der Waals surface area contributed by atoms with Gasteiger partial charge in [0.15, 0.2) is 5.78 Å². The lowest BCUT2D eigenvalue weighted by atomic mass is 9.92. The van der Waals surface area contributed by atoms with E-state index in [4.69, 9.17) is 0 Å². The van der Waals surface area contributed by atoms with Gasteiger partial charge in [-0.15, -0.1) is 0 Å². The van der Waals surface area contributed by atoms with E-state index < -0.39 is 17.5 Å². The lowest BCUT2D eigenvalue weighted by Crippen LogP contribution is -2.41. The van der Waals surface area contributed by atoms with E-state index in [1.54, 1.807) is 31.3 Å². The minimum Gasteiger partial charge on any atom is -0.360 e. The number of para-hydroxylation sites is 1. The lowest BCUT2D eigenvalue weighted by molar-refractivity contribution is -0.130. The Morgan fingerprint density at radius 3 is 2.59 bits per heavy atom. The van der Waals surface area contributed by atoms with E-state index in [-0.39, 0.29) is 12.3 Å². The molecule has 7 heteroatoms. The van der Waals surface area contributed by atoms with Crippen molar-refractivity contribution >= 4 is 44.6 Å². The monoisotopic (exact) mass is 425 g/mol. The maximum Gasteiger partial charge on any atom is 0.325 e. The van der Waals surface area contributed by atoms with Crippen LogP contribution in [-0.2, 0) is 10.3 Å². The summed E-state index contributed by atoms with van der Waals surface area (Å²) in [6.45, 7) is 1.33. The highest BCUT2D eigenvalue weighted by Gasteiger charge is 2.50. The van der Waals surface area contributed by atoms with Crippen molar-refractivity contribution in [3.05, 3.63) is 70.3 Å². The first kappa shape index (κ1) is 17.5. The summed E-state index contributed by atoms with van der Waals surface area (Å²) in [6.07, 6.45) is 1.61. The highest BCUT2D eigenvalue weighted by Crippen LogP contribution is 2.33. The number of carbonyl (C=O) groups is 3. The van der Waals surface area contributed by atoms with Gasteiger partial charge in [0, 0.05) is 32.7 Å². The summed E-state index contributed by atoms with van der Waals surface area (Å²) >= 11 is 3.43. The van der Waals surface area contributed by atoms with E-state index in [0.717, 1.165) is 15.8 Å². The molecular weight excluding hydrogens is 410 g/mol. The van der Waals surface area contributed by atoms with Gasteiger partial charge < -0.3 is 10.3 Å². The number of urea groups is 1. The molecule has 136 valence electrons. The minimum atomic E-state index is -1.22. The predicted molar refractivity (Wildman–Crippen MR) is 104 cm³/mol. The first-order valence-electron chi connectivity index (χ1n) is 8.40. The summed E-state index contributed by atoms with van der Waals surface area (Å²) < 4.78 is 0.714. The number of imide groups is 1. The molecule has 2 heterocycles. The Labute approximate surface area is 163 Å². The normalized spacial score (nSPS) is 19.6. The van der Waals surface area contributed by atoms with Gasteiger partial charge in [0.05, 0.1) is 6.54 Å². The highest BCUT2D eigenvalue weighted by molar-refractivity contribution is 9.10. The average Bonchev–Trinajstić information content (AvgIpc) is 3.17. The molecule has 0 aliphatic carbocycles. The molecular formula is C20H16BrN3O3. The molecule has 3 amide bonds. The Hall–Kier alpha value is -2.93. The Bertz CT molecular complexity index is 1090. The van der Waals surface area contributed by atoms with Crippen molar-refractivity contribution in [1.82, 2.24) is 15.2 Å². The van der Waals surface area contributed by atoms with Gasteiger partial charge in [-0.1, -0.05) is 52.3 Å². The molecule has 1 fully saturated rings. The van der Waals surface area contributed by atoms with E-state index >= 15 is 0 Å². The summed E-state index contributed by atoms with van der Waals surface area (Å²) in [4.78, 5) is 42.3. The average molecular weight is 426 g/mol. The molecule has 1 aliphatic rings. The number of fused-ring (bicyclic) bond motifs is 1. The SMILES string of the molecule is C[C@]1(c2ccccc2Br)NC(=O)N(CC(=O)c2c[nH]c3ccccc23)C1=O. The summed E-state index contributed by atoms with van der Waals surface area (Å²) in [6, 6.07) is 14.0. The second-order valence-electron chi connectivity index (χ2n) is 6.60. The molecule has 2 N–H and O–H groups in total. The number of nitrogens with zero attached hydrogens (tertiary/aromatic N) is 1. The van der Waals surface area contributed by atoms with Gasteiger partial charge in [-0.3, -0.25) is 14.5 Å². The highest BCUT2D eigenvalue weighted by atomic mass is 79.9. The van der Waals surface area contributed by atoms with Gasteiger partial charge in [-0.2, -0.15) is 0 Å². The van der Waals surface area contributed by atoms with Crippen LogP contribution in [0.2, 0.25) is 0 Å². The van der Waals surface area contributed by atoms with Gasteiger partial charge in [-0.25, -0.2) is 4.79 Å². The Morgan fingerprint density at radius 1 is 1.11 bits per heavy atom. The zero-order valence-corrected chi connectivity index (χ0v) is 16.0. The van der Waals surface area contributed by atoms with Crippen molar-refractivity contribution in [2.75, 3.05) is 6.54 Å². The third-order valence-corrected chi connectivity index (χ3v) is 5.57. The van der Waals surface area contributed by atoms with Crippen molar-refractivity contribution in [3.8, 4) is 0 Å². The number of aromatic amines is 1. The zero-order chi connectivity index (χ0) is 19.2. The number of rotatable bonds is 4. The third-order valence-electron chi connectivity index (χ3n) is 4.88. The molecule has 6 nitrogen and oxygen atoms in total. The molecule has 0 unspecified atom stereocenters. The van der Waals surface area contributed by atoms with E-state index in [9.17, 15) is 14.4 Å². The van der Waals surface area contributed by atoms with Crippen LogP contribution < -0.4 is 5.32 Å². The Kier molecular flexibility index (Phi) is 4.11. The van der Waals surface area contributed by atoms with Crippen LogP contribution in [0.3, 0.4) is 0 Å². The smallest absolute Gasteiger partial charge is 0.325 e. The van der Waals surface area contributed by atoms with Crippen LogP contribution in [-0.4, -0.2) is 34.2 Å². The van der Waals surface area contributed by atoms with Crippen LogP contribution >= 0.6 is 15.9 Å². The van der Waals surface area contributed by atoms with Crippen LogP contribution in [0.15, 0.2) is 59.2 Å². The molecule has 27 heavy (non-hydrogen) atoms.